The molecule has 0 aromatic carbocycles. The third-order valence-electron chi connectivity index (χ3n) is 3.25. The number of nitrogens with zero attached hydrogens (tertiary/aromatic N) is 4. The molecule has 0 aliphatic heterocycles. The first-order valence-corrected chi connectivity index (χ1v) is 8.78. The summed E-state index contributed by atoms with van der Waals surface area (Å²) in [6, 6.07) is 0. The summed E-state index contributed by atoms with van der Waals surface area (Å²) in [7, 11) is 0. The van der Waals surface area contributed by atoms with Crippen LogP contribution in [0.25, 0.3) is 0 Å². The van der Waals surface area contributed by atoms with Gasteiger partial charge in [-0.05, 0) is 19.3 Å². The van der Waals surface area contributed by atoms with Crippen molar-refractivity contribution in [3.63, 3.8) is 0 Å². The van der Waals surface area contributed by atoms with E-state index in [4.69, 9.17) is 0 Å². The Hall–Kier alpha value is -1.14. The highest BCUT2D eigenvalue weighted by molar-refractivity contribution is 7.98. The SMILES string of the molecule is C=CCn1c(SCc2csc(CC)n2)nnc1C1CC1. The molecule has 0 amide bonds. The molecule has 1 saturated carbocycles. The molecule has 3 rings (SSSR count). The molecule has 4 nitrogen and oxygen atoms in total. The van der Waals surface area contributed by atoms with Gasteiger partial charge in [0.2, 0.25) is 0 Å². The number of hydrogen-bond acceptors (Lipinski definition) is 5. The Labute approximate surface area is 127 Å². The molecule has 2 aromatic heterocycles. The molecule has 1 aliphatic rings. The number of aromatic nitrogens is 4. The van der Waals surface area contributed by atoms with E-state index in [9.17, 15) is 0 Å². The van der Waals surface area contributed by atoms with E-state index in [0.717, 1.165) is 35.4 Å². The van der Waals surface area contributed by atoms with Gasteiger partial charge in [0.25, 0.3) is 0 Å². The van der Waals surface area contributed by atoms with Crippen molar-refractivity contribution >= 4 is 23.1 Å². The normalized spacial score (nSPS) is 14.7. The van der Waals surface area contributed by atoms with Gasteiger partial charge in [-0.3, -0.25) is 0 Å². The Morgan fingerprint density at radius 2 is 2.35 bits per heavy atom. The maximum absolute atomic E-state index is 4.59. The fourth-order valence-electron chi connectivity index (χ4n) is 2.07. The van der Waals surface area contributed by atoms with E-state index < -0.39 is 0 Å². The van der Waals surface area contributed by atoms with Crippen molar-refractivity contribution in [3.8, 4) is 0 Å². The summed E-state index contributed by atoms with van der Waals surface area (Å²) >= 11 is 3.45. The van der Waals surface area contributed by atoms with E-state index in [1.807, 2.05) is 6.08 Å². The van der Waals surface area contributed by atoms with Gasteiger partial charge in [0.15, 0.2) is 5.16 Å². The van der Waals surface area contributed by atoms with Gasteiger partial charge in [-0.15, -0.1) is 28.1 Å². The van der Waals surface area contributed by atoms with Crippen molar-refractivity contribution in [3.05, 3.63) is 34.6 Å². The highest BCUT2D eigenvalue weighted by Crippen LogP contribution is 2.40. The quantitative estimate of drug-likeness (QED) is 0.578. The summed E-state index contributed by atoms with van der Waals surface area (Å²) < 4.78 is 2.20. The lowest BCUT2D eigenvalue weighted by molar-refractivity contribution is 0.681. The van der Waals surface area contributed by atoms with Crippen LogP contribution in [0.3, 0.4) is 0 Å². The number of hydrogen-bond donors (Lipinski definition) is 0. The minimum absolute atomic E-state index is 0.614. The van der Waals surface area contributed by atoms with Gasteiger partial charge in [-0.25, -0.2) is 4.98 Å². The third kappa shape index (κ3) is 2.96. The Morgan fingerprint density at radius 1 is 1.50 bits per heavy atom. The van der Waals surface area contributed by atoms with Crippen molar-refractivity contribution in [2.75, 3.05) is 0 Å². The summed E-state index contributed by atoms with van der Waals surface area (Å²) in [6.07, 6.45) is 5.41. The van der Waals surface area contributed by atoms with Crippen LogP contribution in [0, 0.1) is 0 Å². The summed E-state index contributed by atoms with van der Waals surface area (Å²) in [4.78, 5) is 4.59. The van der Waals surface area contributed by atoms with Gasteiger partial charge in [-0.1, -0.05) is 24.8 Å². The van der Waals surface area contributed by atoms with Crippen molar-refractivity contribution in [1.29, 1.82) is 0 Å². The molecule has 20 heavy (non-hydrogen) atoms. The van der Waals surface area contributed by atoms with Gasteiger partial charge in [0, 0.05) is 23.6 Å². The topological polar surface area (TPSA) is 43.6 Å². The summed E-state index contributed by atoms with van der Waals surface area (Å²) in [5.41, 5.74) is 1.14. The smallest absolute Gasteiger partial charge is 0.191 e. The lowest BCUT2D eigenvalue weighted by Gasteiger charge is -2.06. The van der Waals surface area contributed by atoms with Gasteiger partial charge in [0.1, 0.15) is 5.82 Å². The highest BCUT2D eigenvalue weighted by Gasteiger charge is 2.30. The lowest BCUT2D eigenvalue weighted by Crippen LogP contribution is -2.02. The molecule has 0 saturated heterocycles. The molecular weight excluding hydrogens is 288 g/mol. The van der Waals surface area contributed by atoms with Crippen LogP contribution in [0.5, 0.6) is 0 Å². The van der Waals surface area contributed by atoms with Crippen molar-refractivity contribution in [2.45, 2.75) is 49.6 Å². The second-order valence-corrected chi connectivity index (χ2v) is 6.77. The van der Waals surface area contributed by atoms with E-state index in [1.165, 1.54) is 17.8 Å². The molecule has 2 aromatic rings. The molecule has 0 N–H and O–H groups in total. The predicted octanol–water partition coefficient (Wildman–Crippen LogP) is 3.65. The highest BCUT2D eigenvalue weighted by atomic mass is 32.2. The molecule has 6 heteroatoms. The number of allylic oxidation sites excluding steroid dienone is 1. The molecule has 0 unspecified atom stereocenters. The van der Waals surface area contributed by atoms with Crippen LogP contribution in [0.1, 0.15) is 42.2 Å². The molecule has 1 fully saturated rings. The van der Waals surface area contributed by atoms with Gasteiger partial charge >= 0.3 is 0 Å². The molecule has 0 radical (unpaired) electrons. The van der Waals surface area contributed by atoms with Crippen LogP contribution in [0.2, 0.25) is 0 Å². The van der Waals surface area contributed by atoms with Gasteiger partial charge < -0.3 is 4.57 Å². The standard InChI is InChI=1S/C14H18N4S2/c1-3-7-18-13(10-5-6-10)16-17-14(18)20-9-11-8-19-12(4-2)15-11/h3,8,10H,1,4-7,9H2,2H3. The van der Waals surface area contributed by atoms with E-state index in [2.05, 4.69) is 38.6 Å². The molecule has 0 bridgehead atoms. The average molecular weight is 306 g/mol. The number of thioether (sulfide) groups is 1. The molecular formula is C14H18N4S2. The Bertz CT molecular complexity index is 598. The van der Waals surface area contributed by atoms with Crippen LogP contribution >= 0.6 is 23.1 Å². The predicted molar refractivity (Wildman–Crippen MR) is 83.2 cm³/mol. The van der Waals surface area contributed by atoms with Crippen LogP contribution in [0.15, 0.2) is 23.2 Å². The first-order valence-electron chi connectivity index (χ1n) is 6.92. The van der Waals surface area contributed by atoms with E-state index >= 15 is 0 Å². The Kier molecular flexibility index (Phi) is 4.21. The van der Waals surface area contributed by atoms with Gasteiger partial charge in [0.05, 0.1) is 10.7 Å². The van der Waals surface area contributed by atoms with Crippen molar-refractivity contribution in [1.82, 2.24) is 19.7 Å². The first-order chi connectivity index (χ1) is 9.81. The number of aryl methyl sites for hydroxylation is 1. The second-order valence-electron chi connectivity index (χ2n) is 4.89. The zero-order valence-corrected chi connectivity index (χ0v) is 13.2. The Morgan fingerprint density at radius 3 is 3.00 bits per heavy atom. The number of rotatable bonds is 7. The van der Waals surface area contributed by atoms with Crippen LogP contribution in [-0.2, 0) is 18.7 Å². The second kappa shape index (κ2) is 6.10. The third-order valence-corrected chi connectivity index (χ3v) is 5.29. The number of thiazole rings is 1. The minimum atomic E-state index is 0.614. The maximum Gasteiger partial charge on any atom is 0.191 e. The van der Waals surface area contributed by atoms with E-state index in [1.54, 1.807) is 23.1 Å². The summed E-state index contributed by atoms with van der Waals surface area (Å²) in [5.74, 6) is 2.60. The van der Waals surface area contributed by atoms with E-state index in [0.29, 0.717) is 5.92 Å². The van der Waals surface area contributed by atoms with Crippen molar-refractivity contribution in [2.24, 2.45) is 0 Å². The van der Waals surface area contributed by atoms with E-state index in [-0.39, 0.29) is 0 Å². The summed E-state index contributed by atoms with van der Waals surface area (Å²) in [5, 5.41) is 13.0. The average Bonchev–Trinajstić information content (AvgIpc) is 3.07. The lowest BCUT2D eigenvalue weighted by atomic mass is 10.4. The maximum atomic E-state index is 4.59. The molecule has 106 valence electrons. The van der Waals surface area contributed by atoms with Crippen LogP contribution in [-0.4, -0.2) is 19.7 Å². The minimum Gasteiger partial charge on any atom is -0.302 e. The van der Waals surface area contributed by atoms with Crippen molar-refractivity contribution < 1.29 is 0 Å². The summed E-state index contributed by atoms with van der Waals surface area (Å²) in [6.45, 7) is 6.76. The molecule has 2 heterocycles. The van der Waals surface area contributed by atoms with Crippen LogP contribution < -0.4 is 0 Å². The fraction of sp³-hybridized carbons (Fsp3) is 0.500. The molecule has 0 spiro atoms. The molecule has 0 atom stereocenters. The monoisotopic (exact) mass is 306 g/mol. The Balaban J connectivity index is 1.71. The van der Waals surface area contributed by atoms with Gasteiger partial charge in [-0.2, -0.15) is 0 Å². The zero-order valence-electron chi connectivity index (χ0n) is 11.6. The largest absolute Gasteiger partial charge is 0.302 e. The van der Waals surface area contributed by atoms with Crippen LogP contribution in [0.4, 0.5) is 0 Å². The fourth-order valence-corrected chi connectivity index (χ4v) is 3.76. The zero-order chi connectivity index (χ0) is 13.9. The molecule has 1 aliphatic carbocycles. The first kappa shape index (κ1) is 13.8.